The van der Waals surface area contributed by atoms with Crippen molar-refractivity contribution in [2.24, 2.45) is 0 Å². The van der Waals surface area contributed by atoms with E-state index in [9.17, 15) is 36.0 Å². The lowest BCUT2D eigenvalue weighted by Crippen LogP contribution is -2.45. The summed E-state index contributed by atoms with van der Waals surface area (Å²) in [5.41, 5.74) is -0.294. The van der Waals surface area contributed by atoms with Crippen LogP contribution in [0.4, 0.5) is 13.2 Å². The fourth-order valence-corrected chi connectivity index (χ4v) is 4.69. The summed E-state index contributed by atoms with van der Waals surface area (Å²) in [5.74, 6) is -1.80. The van der Waals surface area contributed by atoms with E-state index in [4.69, 9.17) is 0 Å². The van der Waals surface area contributed by atoms with Crippen LogP contribution in [0.3, 0.4) is 0 Å². The molecule has 194 valence electrons. The number of carbonyl (C=O) groups excluding carboxylic acids is 3. The number of likely N-dealkylation sites (tertiary alicyclic amines) is 1. The van der Waals surface area contributed by atoms with Crippen molar-refractivity contribution in [3.8, 4) is 0 Å². The molecule has 9 nitrogen and oxygen atoms in total. The number of esters is 1. The van der Waals surface area contributed by atoms with Gasteiger partial charge >= 0.3 is 12.1 Å². The Morgan fingerprint density at radius 2 is 1.81 bits per heavy atom. The van der Waals surface area contributed by atoms with Crippen molar-refractivity contribution >= 4 is 27.8 Å². The van der Waals surface area contributed by atoms with Gasteiger partial charge in [0.25, 0.3) is 5.91 Å². The molecule has 36 heavy (non-hydrogen) atoms. The quantitative estimate of drug-likeness (QED) is 0.507. The van der Waals surface area contributed by atoms with E-state index in [1.807, 2.05) is 0 Å². The maximum absolute atomic E-state index is 13.1. The van der Waals surface area contributed by atoms with Crippen molar-refractivity contribution in [1.82, 2.24) is 14.9 Å². The lowest BCUT2D eigenvalue weighted by Gasteiger charge is -2.24. The molecular formula is C23H24F3N3O6S. The van der Waals surface area contributed by atoms with Crippen LogP contribution in [0.2, 0.25) is 0 Å². The van der Waals surface area contributed by atoms with Crippen LogP contribution in [0, 0.1) is 0 Å². The highest BCUT2D eigenvalue weighted by atomic mass is 32.2. The number of nitrogens with one attached hydrogen (secondary N) is 2. The molecule has 2 amide bonds. The van der Waals surface area contributed by atoms with Crippen molar-refractivity contribution < 1.29 is 40.7 Å². The highest BCUT2D eigenvalue weighted by Crippen LogP contribution is 2.29. The number of ether oxygens (including phenoxy) is 1. The van der Waals surface area contributed by atoms with Gasteiger partial charge in [0.15, 0.2) is 0 Å². The average molecular weight is 528 g/mol. The summed E-state index contributed by atoms with van der Waals surface area (Å²) in [7, 11) is -2.98. The lowest BCUT2D eigenvalue weighted by atomic mass is 10.1. The molecule has 0 radical (unpaired) electrons. The molecule has 1 aliphatic rings. The SMILES string of the molecule is COC(=O)CNS(=O)(=O)c1cccc(C(=O)N2CCC[C@@H]2C(=O)NCc2ccc(C(F)(F)F)cc2)c1. The predicted octanol–water partition coefficient (Wildman–Crippen LogP) is 2.08. The van der Waals surface area contributed by atoms with Crippen LogP contribution in [0.15, 0.2) is 53.4 Å². The van der Waals surface area contributed by atoms with Crippen LogP contribution >= 0.6 is 0 Å². The van der Waals surface area contributed by atoms with Gasteiger partial charge in [-0.15, -0.1) is 0 Å². The van der Waals surface area contributed by atoms with Gasteiger partial charge < -0.3 is 15.0 Å². The highest BCUT2D eigenvalue weighted by molar-refractivity contribution is 7.89. The van der Waals surface area contributed by atoms with E-state index in [2.05, 4.69) is 14.8 Å². The first kappa shape index (κ1) is 27.1. The summed E-state index contributed by atoms with van der Waals surface area (Å²) in [4.78, 5) is 38.2. The van der Waals surface area contributed by atoms with Crippen LogP contribution in [0.1, 0.15) is 34.3 Å². The van der Waals surface area contributed by atoms with Crippen LogP contribution in [0.25, 0.3) is 0 Å². The summed E-state index contributed by atoms with van der Waals surface area (Å²) in [5, 5.41) is 2.64. The number of carbonyl (C=O) groups is 3. The smallest absolute Gasteiger partial charge is 0.416 e. The maximum Gasteiger partial charge on any atom is 0.416 e. The van der Waals surface area contributed by atoms with Crippen molar-refractivity contribution in [2.45, 2.75) is 36.5 Å². The summed E-state index contributed by atoms with van der Waals surface area (Å²) >= 11 is 0. The van der Waals surface area contributed by atoms with Crippen LogP contribution in [-0.4, -0.2) is 57.3 Å². The zero-order valence-corrected chi connectivity index (χ0v) is 20.0. The number of benzene rings is 2. The summed E-state index contributed by atoms with van der Waals surface area (Å²) < 4.78 is 69.5. The van der Waals surface area contributed by atoms with E-state index >= 15 is 0 Å². The molecule has 1 atom stereocenters. The molecular weight excluding hydrogens is 503 g/mol. The average Bonchev–Trinajstić information content (AvgIpc) is 3.35. The number of rotatable bonds is 8. The number of sulfonamides is 1. The minimum atomic E-state index is -4.46. The molecule has 0 aliphatic carbocycles. The second-order valence-corrected chi connectivity index (χ2v) is 9.76. The molecule has 13 heteroatoms. The summed E-state index contributed by atoms with van der Waals surface area (Å²) in [6.07, 6.45) is -3.54. The standard InChI is InChI=1S/C23H24F3N3O6S/c1-35-20(30)14-28-36(33,34)18-5-2-4-16(12-18)22(32)29-11-3-6-19(29)21(31)27-13-15-7-9-17(10-8-15)23(24,25)26/h2,4-5,7-10,12,19,28H,3,6,11,13-14H2,1H3,(H,27,31)/t19-/m1/s1. The number of alkyl halides is 3. The Hall–Kier alpha value is -3.45. The lowest BCUT2D eigenvalue weighted by molar-refractivity contribution is -0.139. The van der Waals surface area contributed by atoms with Gasteiger partial charge in [0.05, 0.1) is 17.6 Å². The second-order valence-electron chi connectivity index (χ2n) is 8.00. The van der Waals surface area contributed by atoms with Gasteiger partial charge in [-0.2, -0.15) is 17.9 Å². The van der Waals surface area contributed by atoms with E-state index in [1.165, 1.54) is 35.2 Å². The van der Waals surface area contributed by atoms with Crippen LogP contribution in [0.5, 0.6) is 0 Å². The Morgan fingerprint density at radius 1 is 1.11 bits per heavy atom. The Bertz CT molecular complexity index is 1230. The molecule has 1 saturated heterocycles. The number of hydrogen-bond acceptors (Lipinski definition) is 6. The summed E-state index contributed by atoms with van der Waals surface area (Å²) in [6.45, 7) is -0.325. The zero-order valence-electron chi connectivity index (χ0n) is 19.2. The van der Waals surface area contributed by atoms with Crippen LogP contribution < -0.4 is 10.0 Å². The molecule has 2 aromatic carbocycles. The Kier molecular flexibility index (Phi) is 8.35. The molecule has 2 aromatic rings. The van der Waals surface area contributed by atoms with E-state index in [0.29, 0.717) is 18.4 Å². The van der Waals surface area contributed by atoms with Gasteiger partial charge in [0, 0.05) is 18.7 Å². The van der Waals surface area contributed by atoms with Gasteiger partial charge in [-0.3, -0.25) is 14.4 Å². The minimum Gasteiger partial charge on any atom is -0.468 e. The predicted molar refractivity (Wildman–Crippen MR) is 121 cm³/mol. The fourth-order valence-electron chi connectivity index (χ4n) is 3.67. The molecule has 1 fully saturated rings. The molecule has 0 unspecified atom stereocenters. The number of methoxy groups -OCH3 is 1. The maximum atomic E-state index is 13.1. The second kappa shape index (κ2) is 11.1. The third-order valence-electron chi connectivity index (χ3n) is 5.59. The van der Waals surface area contributed by atoms with Crippen LogP contribution in [-0.2, 0) is 37.1 Å². The van der Waals surface area contributed by atoms with E-state index in [-0.39, 0.29) is 23.5 Å². The highest BCUT2D eigenvalue weighted by Gasteiger charge is 2.35. The van der Waals surface area contributed by atoms with E-state index in [1.54, 1.807) is 0 Å². The first-order chi connectivity index (χ1) is 16.9. The number of halogens is 3. The largest absolute Gasteiger partial charge is 0.468 e. The summed E-state index contributed by atoms with van der Waals surface area (Å²) in [6, 6.07) is 8.76. The van der Waals surface area contributed by atoms with E-state index < -0.39 is 52.1 Å². The third kappa shape index (κ3) is 6.61. The fraction of sp³-hybridized carbons (Fsp3) is 0.348. The van der Waals surface area contributed by atoms with Crippen molar-refractivity contribution in [2.75, 3.05) is 20.2 Å². The van der Waals surface area contributed by atoms with Gasteiger partial charge in [0.2, 0.25) is 15.9 Å². The molecule has 0 bridgehead atoms. The van der Waals surface area contributed by atoms with E-state index in [0.717, 1.165) is 25.3 Å². The molecule has 0 aromatic heterocycles. The van der Waals surface area contributed by atoms with Gasteiger partial charge in [-0.25, -0.2) is 8.42 Å². The first-order valence-corrected chi connectivity index (χ1v) is 12.3. The number of hydrogen-bond donors (Lipinski definition) is 2. The van der Waals surface area contributed by atoms with Crippen molar-refractivity contribution in [1.29, 1.82) is 0 Å². The normalized spacial score (nSPS) is 16.0. The van der Waals surface area contributed by atoms with Crippen molar-refractivity contribution in [3.63, 3.8) is 0 Å². The minimum absolute atomic E-state index is 0.0188. The number of amides is 2. The molecule has 2 N–H and O–H groups in total. The Balaban J connectivity index is 1.67. The zero-order chi connectivity index (χ0) is 26.5. The van der Waals surface area contributed by atoms with Gasteiger partial charge in [-0.05, 0) is 48.7 Å². The van der Waals surface area contributed by atoms with Gasteiger partial charge in [0.1, 0.15) is 12.6 Å². The van der Waals surface area contributed by atoms with Crippen molar-refractivity contribution in [3.05, 3.63) is 65.2 Å². The molecule has 3 rings (SSSR count). The monoisotopic (exact) mass is 527 g/mol. The first-order valence-electron chi connectivity index (χ1n) is 10.8. The Labute approximate surface area is 205 Å². The van der Waals surface area contributed by atoms with Gasteiger partial charge in [-0.1, -0.05) is 18.2 Å². The number of nitrogens with zero attached hydrogens (tertiary/aromatic N) is 1. The molecule has 1 heterocycles. The molecule has 1 aliphatic heterocycles. The Morgan fingerprint density at radius 3 is 2.44 bits per heavy atom. The third-order valence-corrected chi connectivity index (χ3v) is 6.99. The molecule has 0 saturated carbocycles. The topological polar surface area (TPSA) is 122 Å². The molecule has 0 spiro atoms.